The third kappa shape index (κ3) is 2.90. The molecule has 0 bridgehead atoms. The topological polar surface area (TPSA) is 115 Å². The van der Waals surface area contributed by atoms with Crippen LogP contribution in [0.4, 0.5) is 6.01 Å². The number of fused-ring (bicyclic) bond motifs is 1. The maximum atomic E-state index is 11.7. The van der Waals surface area contributed by atoms with E-state index in [1.807, 2.05) is 25.1 Å². The first-order valence-corrected chi connectivity index (χ1v) is 9.55. The highest BCUT2D eigenvalue weighted by atomic mass is 16.6. The van der Waals surface area contributed by atoms with Crippen LogP contribution in [0.2, 0.25) is 0 Å². The second-order valence-electron chi connectivity index (χ2n) is 7.28. The van der Waals surface area contributed by atoms with Crippen molar-refractivity contribution >= 4 is 34.1 Å². The van der Waals surface area contributed by atoms with Gasteiger partial charge in [0, 0.05) is 17.7 Å². The molecule has 1 aliphatic rings. The number of esters is 1. The molecule has 30 heavy (non-hydrogen) atoms. The minimum atomic E-state index is -0.748. The van der Waals surface area contributed by atoms with Gasteiger partial charge in [-0.3, -0.25) is 0 Å². The summed E-state index contributed by atoms with van der Waals surface area (Å²) in [5, 5.41) is 0. The van der Waals surface area contributed by atoms with Gasteiger partial charge in [-0.1, -0.05) is 0 Å². The van der Waals surface area contributed by atoms with E-state index in [9.17, 15) is 4.79 Å². The van der Waals surface area contributed by atoms with Crippen LogP contribution in [-0.2, 0) is 16.1 Å². The van der Waals surface area contributed by atoms with E-state index >= 15 is 0 Å². The highest BCUT2D eigenvalue weighted by molar-refractivity contribution is 5.89. The van der Waals surface area contributed by atoms with Crippen LogP contribution in [0, 0.1) is 0 Å². The van der Waals surface area contributed by atoms with Crippen LogP contribution in [0.25, 0.3) is 33.5 Å². The lowest BCUT2D eigenvalue weighted by atomic mass is 10.2. The zero-order valence-corrected chi connectivity index (χ0v) is 16.7. The number of nitrogens with zero attached hydrogens (tertiary/aromatic N) is 3. The molecule has 4 aromatic rings. The molecule has 0 aliphatic carbocycles. The number of nitrogens with two attached hydrogens (primary N) is 1. The predicted octanol–water partition coefficient (Wildman–Crippen LogP) is 3.15. The Kier molecular flexibility index (Phi) is 4.05. The summed E-state index contributed by atoms with van der Waals surface area (Å²) in [4.78, 5) is 20.8. The lowest BCUT2D eigenvalue weighted by Gasteiger charge is -2.24. The van der Waals surface area contributed by atoms with Crippen LogP contribution in [0.5, 0.6) is 11.5 Å². The van der Waals surface area contributed by atoms with Crippen molar-refractivity contribution in [2.24, 2.45) is 0 Å². The van der Waals surface area contributed by atoms with E-state index in [2.05, 4.69) is 9.55 Å². The van der Waals surface area contributed by atoms with Crippen LogP contribution >= 0.6 is 0 Å². The van der Waals surface area contributed by atoms with Crippen molar-refractivity contribution in [3.63, 3.8) is 0 Å². The average Bonchev–Trinajstić information content (AvgIpc) is 3.26. The third-order valence-corrected chi connectivity index (χ3v) is 5.06. The molecule has 0 fully saturated rings. The summed E-state index contributed by atoms with van der Waals surface area (Å²) in [6.45, 7) is 4.27. The number of aromatic nitrogens is 3. The molecule has 0 amide bonds. The van der Waals surface area contributed by atoms with Gasteiger partial charge in [0.2, 0.25) is 0 Å². The summed E-state index contributed by atoms with van der Waals surface area (Å²) in [5.41, 5.74) is 9.43. The van der Waals surface area contributed by atoms with Crippen molar-refractivity contribution in [2.45, 2.75) is 32.6 Å². The maximum absolute atomic E-state index is 11.7. The van der Waals surface area contributed by atoms with Crippen molar-refractivity contribution in [1.82, 2.24) is 14.5 Å². The van der Waals surface area contributed by atoms with E-state index in [-0.39, 0.29) is 12.1 Å². The maximum Gasteiger partial charge on any atom is 0.346 e. The standard InChI is InChI=1S/C21H20N4O5/c1-10-9-25-18-15(7-13(8-17(18)28-10)29-11(2)20(26)27-3)23-19(25)12-4-5-16-14(6-12)24-21(22)30-16/h4-8,10-11H,9H2,1-3H3,(H2,22,24)/t10-,11+/m1/s1. The van der Waals surface area contributed by atoms with E-state index in [1.165, 1.54) is 7.11 Å². The Labute approximate surface area is 171 Å². The summed E-state index contributed by atoms with van der Waals surface area (Å²) < 4.78 is 24.0. The molecule has 2 N–H and O–H groups in total. The van der Waals surface area contributed by atoms with Crippen molar-refractivity contribution in [2.75, 3.05) is 12.8 Å². The molecular formula is C21H20N4O5. The molecule has 9 heteroatoms. The molecule has 0 spiro atoms. The molecule has 5 rings (SSSR count). The summed E-state index contributed by atoms with van der Waals surface area (Å²) in [6, 6.07) is 9.36. The fraction of sp³-hybridized carbons (Fsp3) is 0.286. The number of rotatable bonds is 4. The first-order chi connectivity index (χ1) is 14.4. The molecule has 9 nitrogen and oxygen atoms in total. The number of methoxy groups -OCH3 is 1. The zero-order chi connectivity index (χ0) is 21.0. The fourth-order valence-electron chi connectivity index (χ4n) is 3.78. The minimum absolute atomic E-state index is 0.0617. The Morgan fingerprint density at radius 3 is 2.90 bits per heavy atom. The number of imidazole rings is 1. The number of benzene rings is 2. The predicted molar refractivity (Wildman–Crippen MR) is 109 cm³/mol. The van der Waals surface area contributed by atoms with Crippen LogP contribution < -0.4 is 15.2 Å². The third-order valence-electron chi connectivity index (χ3n) is 5.06. The largest absolute Gasteiger partial charge is 0.486 e. The molecule has 2 aromatic heterocycles. The molecule has 0 saturated heterocycles. The number of hydrogen-bond donors (Lipinski definition) is 1. The van der Waals surface area contributed by atoms with Crippen molar-refractivity contribution in [3.8, 4) is 22.9 Å². The second-order valence-corrected chi connectivity index (χ2v) is 7.28. The number of ether oxygens (including phenoxy) is 3. The molecule has 0 radical (unpaired) electrons. The van der Waals surface area contributed by atoms with Gasteiger partial charge in [0.05, 0.1) is 19.2 Å². The van der Waals surface area contributed by atoms with E-state index in [0.29, 0.717) is 34.7 Å². The van der Waals surface area contributed by atoms with E-state index in [0.717, 1.165) is 16.9 Å². The number of carbonyl (C=O) groups is 1. The minimum Gasteiger partial charge on any atom is -0.486 e. The Hall–Kier alpha value is -3.75. The molecule has 2 aromatic carbocycles. The molecule has 0 saturated carbocycles. The van der Waals surface area contributed by atoms with Crippen LogP contribution in [0.15, 0.2) is 34.7 Å². The van der Waals surface area contributed by atoms with Gasteiger partial charge < -0.3 is 28.9 Å². The molecule has 154 valence electrons. The fourth-order valence-corrected chi connectivity index (χ4v) is 3.78. The number of anilines is 1. The number of oxazole rings is 1. The van der Waals surface area contributed by atoms with Crippen molar-refractivity contribution < 1.29 is 23.4 Å². The summed E-state index contributed by atoms with van der Waals surface area (Å²) >= 11 is 0. The normalized spacial score (nSPS) is 16.4. The first kappa shape index (κ1) is 18.3. The number of nitrogen functional groups attached to an aromatic ring is 1. The van der Waals surface area contributed by atoms with Crippen molar-refractivity contribution in [3.05, 3.63) is 30.3 Å². The lowest BCUT2D eigenvalue weighted by Crippen LogP contribution is -2.26. The van der Waals surface area contributed by atoms with Gasteiger partial charge in [-0.25, -0.2) is 9.78 Å². The van der Waals surface area contributed by atoms with Gasteiger partial charge in [-0.2, -0.15) is 4.98 Å². The molecule has 1 aliphatic heterocycles. The summed E-state index contributed by atoms with van der Waals surface area (Å²) in [7, 11) is 1.33. The first-order valence-electron chi connectivity index (χ1n) is 9.55. The highest BCUT2D eigenvalue weighted by Gasteiger charge is 2.26. The van der Waals surface area contributed by atoms with Gasteiger partial charge in [0.25, 0.3) is 6.01 Å². The van der Waals surface area contributed by atoms with Gasteiger partial charge in [-0.15, -0.1) is 0 Å². The van der Waals surface area contributed by atoms with Gasteiger partial charge in [-0.05, 0) is 32.0 Å². The van der Waals surface area contributed by atoms with Gasteiger partial charge >= 0.3 is 5.97 Å². The molecule has 2 atom stereocenters. The second kappa shape index (κ2) is 6.65. The SMILES string of the molecule is COC(=O)[C@H](C)Oc1cc2c3c(c1)nc(-c1ccc4oc(N)nc4c1)n3C[C@@H](C)O2. The van der Waals surface area contributed by atoms with Crippen LogP contribution in [0.3, 0.4) is 0 Å². The van der Waals surface area contributed by atoms with E-state index in [4.69, 9.17) is 29.3 Å². The summed E-state index contributed by atoms with van der Waals surface area (Å²) in [5.74, 6) is 1.47. The Bertz CT molecular complexity index is 1290. The quantitative estimate of drug-likeness (QED) is 0.512. The number of carbonyl (C=O) groups excluding carboxylic acids is 1. The molecule has 0 unspecified atom stereocenters. The Morgan fingerprint density at radius 2 is 2.10 bits per heavy atom. The zero-order valence-electron chi connectivity index (χ0n) is 16.7. The Balaban J connectivity index is 1.64. The van der Waals surface area contributed by atoms with Crippen LogP contribution in [0.1, 0.15) is 13.8 Å². The smallest absolute Gasteiger partial charge is 0.346 e. The molecular weight excluding hydrogens is 388 g/mol. The van der Waals surface area contributed by atoms with E-state index < -0.39 is 12.1 Å². The lowest BCUT2D eigenvalue weighted by molar-refractivity contribution is -0.147. The average molecular weight is 408 g/mol. The number of hydrogen-bond acceptors (Lipinski definition) is 8. The monoisotopic (exact) mass is 408 g/mol. The van der Waals surface area contributed by atoms with Gasteiger partial charge in [0.1, 0.15) is 34.5 Å². The Morgan fingerprint density at radius 1 is 1.27 bits per heavy atom. The van der Waals surface area contributed by atoms with Crippen LogP contribution in [-0.4, -0.2) is 39.8 Å². The van der Waals surface area contributed by atoms with Gasteiger partial charge in [0.15, 0.2) is 11.7 Å². The molecule has 3 heterocycles. The van der Waals surface area contributed by atoms with Crippen molar-refractivity contribution in [1.29, 1.82) is 0 Å². The van der Waals surface area contributed by atoms with E-state index in [1.54, 1.807) is 19.1 Å². The highest BCUT2D eigenvalue weighted by Crippen LogP contribution is 2.39. The summed E-state index contributed by atoms with van der Waals surface area (Å²) in [6.07, 6.45) is -0.810.